The SMILES string of the molecule is CCOc1ccc(C(=O)OCC(=O)c2ccc3c(c2)[C@@H](C)C(=O)N3)cc1OCC. The summed E-state index contributed by atoms with van der Waals surface area (Å²) in [7, 11) is 0. The Bertz CT molecular complexity index is 952. The molecule has 29 heavy (non-hydrogen) atoms. The molecule has 0 saturated heterocycles. The van der Waals surface area contributed by atoms with Crippen LogP contribution in [0.15, 0.2) is 36.4 Å². The van der Waals surface area contributed by atoms with Crippen molar-refractivity contribution in [3.8, 4) is 11.5 Å². The van der Waals surface area contributed by atoms with Crippen molar-refractivity contribution in [3.63, 3.8) is 0 Å². The topological polar surface area (TPSA) is 90.9 Å². The van der Waals surface area contributed by atoms with E-state index >= 15 is 0 Å². The summed E-state index contributed by atoms with van der Waals surface area (Å²) in [5.74, 6) is -0.410. The molecule has 3 rings (SSSR count). The lowest BCUT2D eigenvalue weighted by Crippen LogP contribution is -2.15. The lowest BCUT2D eigenvalue weighted by atomic mass is 9.99. The number of anilines is 1. The van der Waals surface area contributed by atoms with E-state index in [9.17, 15) is 14.4 Å². The number of amides is 1. The van der Waals surface area contributed by atoms with E-state index in [0.29, 0.717) is 36.0 Å². The molecular weight excluding hydrogens is 374 g/mol. The van der Waals surface area contributed by atoms with E-state index in [1.165, 1.54) is 6.07 Å². The molecule has 0 unspecified atom stereocenters. The summed E-state index contributed by atoms with van der Waals surface area (Å²) in [6.07, 6.45) is 0. The van der Waals surface area contributed by atoms with Gasteiger partial charge in [-0.25, -0.2) is 4.79 Å². The number of fused-ring (bicyclic) bond motifs is 1. The third-order valence-corrected chi connectivity index (χ3v) is 4.60. The molecule has 1 atom stereocenters. The first-order valence-electron chi connectivity index (χ1n) is 9.49. The third-order valence-electron chi connectivity index (χ3n) is 4.60. The molecule has 7 heteroatoms. The van der Waals surface area contributed by atoms with E-state index < -0.39 is 12.6 Å². The number of carbonyl (C=O) groups is 3. The number of esters is 1. The summed E-state index contributed by atoms with van der Waals surface area (Å²) in [4.78, 5) is 36.6. The van der Waals surface area contributed by atoms with E-state index in [4.69, 9.17) is 14.2 Å². The first-order chi connectivity index (χ1) is 13.9. The van der Waals surface area contributed by atoms with Gasteiger partial charge in [-0.05, 0) is 62.7 Å². The van der Waals surface area contributed by atoms with Crippen LogP contribution >= 0.6 is 0 Å². The van der Waals surface area contributed by atoms with Crippen LogP contribution in [0.25, 0.3) is 0 Å². The van der Waals surface area contributed by atoms with Gasteiger partial charge in [-0.1, -0.05) is 0 Å². The van der Waals surface area contributed by atoms with Crippen LogP contribution in [0.5, 0.6) is 11.5 Å². The van der Waals surface area contributed by atoms with Gasteiger partial charge in [-0.2, -0.15) is 0 Å². The standard InChI is InChI=1S/C22H23NO6/c1-4-27-19-9-7-15(11-20(19)28-5-2)22(26)29-12-18(24)14-6-8-17-16(10-14)13(3)21(25)23-17/h6-11,13H,4-5,12H2,1-3H3,(H,23,25)/t13-/m1/s1. The molecule has 1 aliphatic rings. The van der Waals surface area contributed by atoms with Gasteiger partial charge in [0.1, 0.15) is 0 Å². The molecule has 2 aromatic carbocycles. The highest BCUT2D eigenvalue weighted by Crippen LogP contribution is 2.33. The maximum absolute atomic E-state index is 12.4. The van der Waals surface area contributed by atoms with Gasteiger partial charge >= 0.3 is 5.97 Å². The molecule has 0 fully saturated rings. The predicted molar refractivity (Wildman–Crippen MR) is 107 cm³/mol. The van der Waals surface area contributed by atoms with Gasteiger partial charge < -0.3 is 19.5 Å². The van der Waals surface area contributed by atoms with E-state index in [0.717, 1.165) is 5.56 Å². The molecule has 0 aliphatic carbocycles. The Morgan fingerprint density at radius 3 is 2.38 bits per heavy atom. The molecule has 1 N–H and O–H groups in total. The number of hydrogen-bond donors (Lipinski definition) is 1. The van der Waals surface area contributed by atoms with Crippen molar-refractivity contribution < 1.29 is 28.6 Å². The fourth-order valence-corrected chi connectivity index (χ4v) is 3.07. The zero-order valence-electron chi connectivity index (χ0n) is 16.6. The van der Waals surface area contributed by atoms with Crippen molar-refractivity contribution in [3.05, 3.63) is 53.1 Å². The van der Waals surface area contributed by atoms with E-state index in [1.807, 2.05) is 13.8 Å². The Balaban J connectivity index is 1.67. The number of hydrogen-bond acceptors (Lipinski definition) is 6. The Morgan fingerprint density at radius 2 is 1.66 bits per heavy atom. The van der Waals surface area contributed by atoms with Crippen molar-refractivity contribution in [1.29, 1.82) is 0 Å². The van der Waals surface area contributed by atoms with Crippen molar-refractivity contribution in [2.45, 2.75) is 26.7 Å². The molecule has 2 aromatic rings. The van der Waals surface area contributed by atoms with Gasteiger partial charge in [0.05, 0.1) is 24.7 Å². The summed E-state index contributed by atoms with van der Waals surface area (Å²) in [6, 6.07) is 9.70. The van der Waals surface area contributed by atoms with Crippen LogP contribution < -0.4 is 14.8 Å². The van der Waals surface area contributed by atoms with Gasteiger partial charge in [-0.15, -0.1) is 0 Å². The van der Waals surface area contributed by atoms with Crippen LogP contribution in [0.2, 0.25) is 0 Å². The maximum Gasteiger partial charge on any atom is 0.338 e. The molecule has 0 spiro atoms. The second-order valence-corrected chi connectivity index (χ2v) is 6.54. The van der Waals surface area contributed by atoms with Crippen molar-refractivity contribution in [1.82, 2.24) is 0 Å². The lowest BCUT2D eigenvalue weighted by Gasteiger charge is -2.12. The van der Waals surface area contributed by atoms with E-state index in [-0.39, 0.29) is 23.2 Å². The normalized spacial score (nSPS) is 14.7. The molecule has 7 nitrogen and oxygen atoms in total. The summed E-state index contributed by atoms with van der Waals surface area (Å²) in [5, 5.41) is 2.76. The Kier molecular flexibility index (Phi) is 6.16. The molecule has 0 saturated carbocycles. The van der Waals surface area contributed by atoms with Gasteiger partial charge in [0.15, 0.2) is 23.9 Å². The zero-order chi connectivity index (χ0) is 21.0. The van der Waals surface area contributed by atoms with Gasteiger partial charge in [0, 0.05) is 11.3 Å². The van der Waals surface area contributed by atoms with Crippen molar-refractivity contribution >= 4 is 23.3 Å². The van der Waals surface area contributed by atoms with Crippen LogP contribution in [-0.2, 0) is 9.53 Å². The second kappa shape index (κ2) is 8.77. The number of ketones is 1. The van der Waals surface area contributed by atoms with E-state index in [2.05, 4.69) is 5.32 Å². The zero-order valence-corrected chi connectivity index (χ0v) is 16.6. The maximum atomic E-state index is 12.4. The van der Waals surface area contributed by atoms with Crippen LogP contribution in [0, 0.1) is 0 Å². The molecule has 0 bridgehead atoms. The average Bonchev–Trinajstić information content (AvgIpc) is 3.01. The Morgan fingerprint density at radius 1 is 0.966 bits per heavy atom. The number of benzene rings is 2. The molecule has 0 aromatic heterocycles. The Hall–Kier alpha value is -3.35. The number of nitrogens with one attached hydrogen (secondary N) is 1. The average molecular weight is 397 g/mol. The van der Waals surface area contributed by atoms with Crippen LogP contribution in [-0.4, -0.2) is 37.5 Å². The highest BCUT2D eigenvalue weighted by Gasteiger charge is 2.27. The lowest BCUT2D eigenvalue weighted by molar-refractivity contribution is -0.116. The van der Waals surface area contributed by atoms with Crippen LogP contribution in [0.4, 0.5) is 5.69 Å². The molecule has 1 amide bonds. The number of rotatable bonds is 8. The fraction of sp³-hybridized carbons (Fsp3) is 0.318. The summed E-state index contributed by atoms with van der Waals surface area (Å²) in [5.41, 5.74) is 2.12. The Labute approximate surface area is 169 Å². The largest absolute Gasteiger partial charge is 0.490 e. The fourth-order valence-electron chi connectivity index (χ4n) is 3.07. The summed E-state index contributed by atoms with van der Waals surface area (Å²) in [6.45, 7) is 5.96. The van der Waals surface area contributed by atoms with Crippen LogP contribution in [0.1, 0.15) is 53.0 Å². The highest BCUT2D eigenvalue weighted by atomic mass is 16.5. The number of carbonyl (C=O) groups excluding carboxylic acids is 3. The molecule has 152 valence electrons. The second-order valence-electron chi connectivity index (χ2n) is 6.54. The predicted octanol–water partition coefficient (Wildman–Crippen LogP) is 3.58. The van der Waals surface area contributed by atoms with Gasteiger partial charge in [0.25, 0.3) is 0 Å². The number of ether oxygens (including phenoxy) is 3. The molecule has 1 aliphatic heterocycles. The van der Waals surface area contributed by atoms with E-state index in [1.54, 1.807) is 37.3 Å². The smallest absolute Gasteiger partial charge is 0.338 e. The highest BCUT2D eigenvalue weighted by molar-refractivity contribution is 6.05. The third kappa shape index (κ3) is 4.39. The first kappa shape index (κ1) is 20.4. The minimum atomic E-state index is -0.631. The molecule has 0 radical (unpaired) electrons. The van der Waals surface area contributed by atoms with Gasteiger partial charge in [0.2, 0.25) is 5.91 Å². The van der Waals surface area contributed by atoms with Crippen LogP contribution in [0.3, 0.4) is 0 Å². The quantitative estimate of drug-likeness (QED) is 0.541. The number of Topliss-reactive ketones (excluding diaryl/α,β-unsaturated/α-hetero) is 1. The molecular formula is C22H23NO6. The van der Waals surface area contributed by atoms with Crippen molar-refractivity contribution in [2.24, 2.45) is 0 Å². The minimum Gasteiger partial charge on any atom is -0.490 e. The van der Waals surface area contributed by atoms with Gasteiger partial charge in [-0.3, -0.25) is 9.59 Å². The first-order valence-corrected chi connectivity index (χ1v) is 9.49. The van der Waals surface area contributed by atoms with Crippen molar-refractivity contribution in [2.75, 3.05) is 25.1 Å². The summed E-state index contributed by atoms with van der Waals surface area (Å²) >= 11 is 0. The summed E-state index contributed by atoms with van der Waals surface area (Å²) < 4.78 is 16.2. The minimum absolute atomic E-state index is 0.100. The monoisotopic (exact) mass is 397 g/mol. The molecule has 1 heterocycles.